The largest absolute Gasteiger partial charge is 0.444 e. The smallest absolute Gasteiger partial charge is 0.407 e. The van der Waals surface area contributed by atoms with Crippen molar-refractivity contribution in [2.45, 2.75) is 78.0 Å². The molecule has 2 atom stereocenters. The van der Waals surface area contributed by atoms with Gasteiger partial charge in [-0.15, -0.1) is 0 Å². The first kappa shape index (κ1) is 19.2. The molecular formula is C17H35N3O2. The van der Waals surface area contributed by atoms with Gasteiger partial charge < -0.3 is 20.3 Å². The molecule has 1 rings (SSSR count). The molecule has 1 heterocycles. The fraction of sp³-hybridized carbons (Fsp3) is 0.941. The lowest BCUT2D eigenvalue weighted by molar-refractivity contribution is 0.0522. The minimum absolute atomic E-state index is 0.259. The molecule has 0 aromatic rings. The molecule has 2 unspecified atom stereocenters. The number of hydrogen-bond donors (Lipinski definition) is 2. The number of amides is 1. The zero-order valence-electron chi connectivity index (χ0n) is 15.1. The van der Waals surface area contributed by atoms with Crippen molar-refractivity contribution in [1.82, 2.24) is 15.5 Å². The van der Waals surface area contributed by atoms with Gasteiger partial charge in [0.15, 0.2) is 0 Å². The van der Waals surface area contributed by atoms with Gasteiger partial charge in [0.05, 0.1) is 0 Å². The number of ether oxygens (including phenoxy) is 1. The molecule has 1 fully saturated rings. The van der Waals surface area contributed by atoms with Crippen LogP contribution in [-0.4, -0.2) is 54.9 Å². The quantitative estimate of drug-likeness (QED) is 0.792. The van der Waals surface area contributed by atoms with E-state index in [1.807, 2.05) is 20.8 Å². The maximum absolute atomic E-state index is 11.7. The number of carbonyl (C=O) groups is 1. The number of nitrogens with one attached hydrogen (secondary N) is 2. The van der Waals surface area contributed by atoms with Crippen molar-refractivity contribution in [2.24, 2.45) is 0 Å². The summed E-state index contributed by atoms with van der Waals surface area (Å²) in [6, 6.07) is 0.813. The number of hydrogen-bond acceptors (Lipinski definition) is 4. The summed E-state index contributed by atoms with van der Waals surface area (Å²) in [5, 5.41) is 6.48. The SMILES string of the molecule is CCCN1CCCC(NC(C)CNC(=O)OC(C)(C)C)CC1. The van der Waals surface area contributed by atoms with Crippen molar-refractivity contribution in [3.8, 4) is 0 Å². The van der Waals surface area contributed by atoms with Gasteiger partial charge in [-0.3, -0.25) is 0 Å². The minimum atomic E-state index is -0.440. The summed E-state index contributed by atoms with van der Waals surface area (Å²) in [6.45, 7) is 14.2. The first-order valence-electron chi connectivity index (χ1n) is 8.75. The van der Waals surface area contributed by atoms with Crippen molar-refractivity contribution in [3.63, 3.8) is 0 Å². The fourth-order valence-electron chi connectivity index (χ4n) is 2.87. The van der Waals surface area contributed by atoms with E-state index >= 15 is 0 Å². The Labute approximate surface area is 136 Å². The van der Waals surface area contributed by atoms with Gasteiger partial charge in [-0.25, -0.2) is 4.79 Å². The lowest BCUT2D eigenvalue weighted by atomic mass is 10.1. The zero-order chi connectivity index (χ0) is 16.6. The summed E-state index contributed by atoms with van der Waals surface area (Å²) in [6.07, 6.45) is 4.56. The Hall–Kier alpha value is -0.810. The molecule has 0 aliphatic carbocycles. The molecule has 0 saturated carbocycles. The molecule has 5 heteroatoms. The van der Waals surface area contributed by atoms with Gasteiger partial charge in [-0.2, -0.15) is 0 Å². The molecule has 0 spiro atoms. The Morgan fingerprint density at radius 1 is 1.32 bits per heavy atom. The summed E-state index contributed by atoms with van der Waals surface area (Å²) >= 11 is 0. The van der Waals surface area contributed by atoms with Gasteiger partial charge in [-0.05, 0) is 73.0 Å². The Bertz CT molecular complexity index is 328. The number of nitrogens with zero attached hydrogens (tertiary/aromatic N) is 1. The summed E-state index contributed by atoms with van der Waals surface area (Å²) in [5.74, 6) is 0. The monoisotopic (exact) mass is 313 g/mol. The molecular weight excluding hydrogens is 278 g/mol. The van der Waals surface area contributed by atoms with Crippen LogP contribution < -0.4 is 10.6 Å². The molecule has 1 saturated heterocycles. The number of carbonyl (C=O) groups excluding carboxylic acids is 1. The van der Waals surface area contributed by atoms with Crippen LogP contribution in [0.4, 0.5) is 4.79 Å². The van der Waals surface area contributed by atoms with Crippen LogP contribution in [0.2, 0.25) is 0 Å². The molecule has 1 aliphatic heterocycles. The highest BCUT2D eigenvalue weighted by molar-refractivity contribution is 5.67. The molecule has 22 heavy (non-hydrogen) atoms. The number of likely N-dealkylation sites (tertiary alicyclic amines) is 1. The standard InChI is InChI=1S/C17H35N3O2/c1-6-10-20-11-7-8-15(9-12-20)19-14(2)13-18-16(21)22-17(3,4)5/h14-15,19H,6-13H2,1-5H3,(H,18,21). The van der Waals surface area contributed by atoms with E-state index in [0.29, 0.717) is 12.6 Å². The van der Waals surface area contributed by atoms with E-state index in [2.05, 4.69) is 29.4 Å². The first-order valence-corrected chi connectivity index (χ1v) is 8.75. The van der Waals surface area contributed by atoms with Crippen LogP contribution in [0.15, 0.2) is 0 Å². The molecule has 0 aromatic carbocycles. The van der Waals surface area contributed by atoms with E-state index in [1.165, 1.54) is 45.3 Å². The van der Waals surface area contributed by atoms with Gasteiger partial charge in [0.1, 0.15) is 5.60 Å². The molecule has 1 amide bonds. The van der Waals surface area contributed by atoms with E-state index in [4.69, 9.17) is 4.74 Å². The van der Waals surface area contributed by atoms with Crippen LogP contribution in [0.25, 0.3) is 0 Å². The average Bonchev–Trinajstić information content (AvgIpc) is 2.61. The van der Waals surface area contributed by atoms with Gasteiger partial charge in [0.2, 0.25) is 0 Å². The molecule has 2 N–H and O–H groups in total. The van der Waals surface area contributed by atoms with Gasteiger partial charge in [0.25, 0.3) is 0 Å². The lowest BCUT2D eigenvalue weighted by Crippen LogP contribution is -2.45. The van der Waals surface area contributed by atoms with Crippen molar-refractivity contribution >= 4 is 6.09 Å². The third-order valence-corrected chi connectivity index (χ3v) is 3.83. The van der Waals surface area contributed by atoms with Crippen LogP contribution in [0, 0.1) is 0 Å². The topological polar surface area (TPSA) is 53.6 Å². The third-order valence-electron chi connectivity index (χ3n) is 3.83. The molecule has 130 valence electrons. The summed E-state index contributed by atoms with van der Waals surface area (Å²) in [7, 11) is 0. The lowest BCUT2D eigenvalue weighted by Gasteiger charge is -2.24. The van der Waals surface area contributed by atoms with Crippen molar-refractivity contribution in [2.75, 3.05) is 26.2 Å². The molecule has 5 nitrogen and oxygen atoms in total. The Balaban J connectivity index is 2.24. The Kier molecular flexibility index (Phi) is 8.18. The first-order chi connectivity index (χ1) is 10.3. The summed E-state index contributed by atoms with van der Waals surface area (Å²) in [4.78, 5) is 14.2. The van der Waals surface area contributed by atoms with Gasteiger partial charge in [-0.1, -0.05) is 6.92 Å². The van der Waals surface area contributed by atoms with E-state index in [9.17, 15) is 4.79 Å². The second kappa shape index (κ2) is 9.36. The second-order valence-corrected chi connectivity index (χ2v) is 7.42. The maximum Gasteiger partial charge on any atom is 0.407 e. The van der Waals surface area contributed by atoms with Crippen molar-refractivity contribution in [3.05, 3.63) is 0 Å². The van der Waals surface area contributed by atoms with Gasteiger partial charge in [0, 0.05) is 18.6 Å². The second-order valence-electron chi connectivity index (χ2n) is 7.42. The normalized spacial score (nSPS) is 22.0. The highest BCUT2D eigenvalue weighted by Crippen LogP contribution is 2.12. The highest BCUT2D eigenvalue weighted by Gasteiger charge is 2.19. The van der Waals surface area contributed by atoms with E-state index < -0.39 is 5.60 Å². The maximum atomic E-state index is 11.7. The van der Waals surface area contributed by atoms with Crippen LogP contribution in [0.3, 0.4) is 0 Å². The summed E-state index contributed by atoms with van der Waals surface area (Å²) in [5.41, 5.74) is -0.440. The van der Waals surface area contributed by atoms with E-state index in [-0.39, 0.29) is 12.1 Å². The number of rotatable bonds is 6. The molecule has 0 aromatic heterocycles. The number of alkyl carbamates (subject to hydrolysis) is 1. The van der Waals surface area contributed by atoms with E-state index in [0.717, 1.165) is 0 Å². The van der Waals surface area contributed by atoms with Crippen LogP contribution in [0.1, 0.15) is 60.3 Å². The van der Waals surface area contributed by atoms with Crippen molar-refractivity contribution in [1.29, 1.82) is 0 Å². The predicted octanol–water partition coefficient (Wildman–Crippen LogP) is 2.75. The molecule has 0 bridgehead atoms. The average molecular weight is 313 g/mol. The fourth-order valence-corrected chi connectivity index (χ4v) is 2.87. The highest BCUT2D eigenvalue weighted by atomic mass is 16.6. The molecule has 1 aliphatic rings. The summed E-state index contributed by atoms with van der Waals surface area (Å²) < 4.78 is 5.25. The minimum Gasteiger partial charge on any atom is -0.444 e. The predicted molar refractivity (Wildman–Crippen MR) is 91.2 cm³/mol. The molecule has 0 radical (unpaired) electrons. The Morgan fingerprint density at radius 3 is 2.68 bits per heavy atom. The third kappa shape index (κ3) is 8.59. The van der Waals surface area contributed by atoms with E-state index in [1.54, 1.807) is 0 Å². The van der Waals surface area contributed by atoms with Crippen molar-refractivity contribution < 1.29 is 9.53 Å². The van der Waals surface area contributed by atoms with Crippen LogP contribution in [0.5, 0.6) is 0 Å². The van der Waals surface area contributed by atoms with Crippen LogP contribution >= 0.6 is 0 Å². The van der Waals surface area contributed by atoms with Crippen LogP contribution in [-0.2, 0) is 4.74 Å². The Morgan fingerprint density at radius 2 is 2.05 bits per heavy atom. The zero-order valence-corrected chi connectivity index (χ0v) is 15.1. The van der Waals surface area contributed by atoms with Gasteiger partial charge >= 0.3 is 6.09 Å².